The molecule has 26 heavy (non-hydrogen) atoms. The lowest BCUT2D eigenvalue weighted by Crippen LogP contribution is -2.54. The standard InChI is InChI=1S/C21H25ClO4/c22-19-17(12-23)11-18(25-13-15-7-3-1-4-8-15)21(20(19)24)26-14-16-9-5-2-6-10-16/h1-10,17-21,23-24H,11-14H2/t17-,18+,19-,20+,21+/m0/s1. The van der Waals surface area contributed by atoms with Gasteiger partial charge in [-0.2, -0.15) is 0 Å². The molecular weight excluding hydrogens is 352 g/mol. The van der Waals surface area contributed by atoms with Gasteiger partial charge in [-0.25, -0.2) is 0 Å². The Balaban J connectivity index is 1.68. The zero-order valence-electron chi connectivity index (χ0n) is 14.6. The molecule has 4 nitrogen and oxygen atoms in total. The molecule has 0 radical (unpaired) electrons. The number of benzene rings is 2. The van der Waals surface area contributed by atoms with E-state index in [1.807, 2.05) is 60.7 Å². The molecule has 140 valence electrons. The van der Waals surface area contributed by atoms with Crippen molar-refractivity contribution in [2.24, 2.45) is 5.92 Å². The van der Waals surface area contributed by atoms with Gasteiger partial charge < -0.3 is 19.7 Å². The maximum Gasteiger partial charge on any atom is 0.111 e. The number of alkyl halides is 1. The van der Waals surface area contributed by atoms with Gasteiger partial charge in [-0.05, 0) is 17.5 Å². The number of ether oxygens (including phenoxy) is 2. The minimum absolute atomic E-state index is 0.0815. The molecule has 0 saturated heterocycles. The highest BCUT2D eigenvalue weighted by atomic mass is 35.5. The normalized spacial score (nSPS) is 28.8. The van der Waals surface area contributed by atoms with Crippen molar-refractivity contribution < 1.29 is 19.7 Å². The zero-order chi connectivity index (χ0) is 18.4. The molecule has 0 aromatic heterocycles. The van der Waals surface area contributed by atoms with Crippen LogP contribution in [0.15, 0.2) is 60.7 Å². The molecule has 0 heterocycles. The number of halogens is 1. The van der Waals surface area contributed by atoms with Crippen LogP contribution >= 0.6 is 11.6 Å². The Morgan fingerprint density at radius 3 is 1.96 bits per heavy atom. The quantitative estimate of drug-likeness (QED) is 0.729. The Labute approximate surface area is 159 Å². The first kappa shape index (κ1) is 19.3. The van der Waals surface area contributed by atoms with Gasteiger partial charge in [0.2, 0.25) is 0 Å². The van der Waals surface area contributed by atoms with Crippen LogP contribution in [0.1, 0.15) is 17.5 Å². The van der Waals surface area contributed by atoms with E-state index in [9.17, 15) is 10.2 Å². The van der Waals surface area contributed by atoms with Crippen molar-refractivity contribution in [1.29, 1.82) is 0 Å². The Hall–Kier alpha value is -1.43. The van der Waals surface area contributed by atoms with E-state index in [0.29, 0.717) is 19.6 Å². The van der Waals surface area contributed by atoms with Gasteiger partial charge in [0.1, 0.15) is 6.10 Å². The summed E-state index contributed by atoms with van der Waals surface area (Å²) in [6, 6.07) is 19.7. The van der Waals surface area contributed by atoms with Crippen molar-refractivity contribution in [3.8, 4) is 0 Å². The first-order valence-corrected chi connectivity index (χ1v) is 9.36. The average Bonchev–Trinajstić information content (AvgIpc) is 2.69. The third-order valence-electron chi connectivity index (χ3n) is 4.84. The summed E-state index contributed by atoms with van der Waals surface area (Å²) < 4.78 is 12.1. The van der Waals surface area contributed by atoms with Crippen molar-refractivity contribution in [2.75, 3.05) is 6.61 Å². The van der Waals surface area contributed by atoms with E-state index in [1.54, 1.807) is 0 Å². The third-order valence-corrected chi connectivity index (χ3v) is 5.46. The lowest BCUT2D eigenvalue weighted by Gasteiger charge is -2.41. The second-order valence-corrected chi connectivity index (χ2v) is 7.21. The van der Waals surface area contributed by atoms with Crippen LogP contribution in [0, 0.1) is 5.92 Å². The highest BCUT2D eigenvalue weighted by Crippen LogP contribution is 2.33. The van der Waals surface area contributed by atoms with Crippen LogP contribution in [-0.4, -0.2) is 40.5 Å². The molecule has 1 aliphatic carbocycles. The molecule has 5 heteroatoms. The molecule has 5 atom stereocenters. The number of hydrogen-bond donors (Lipinski definition) is 2. The van der Waals surface area contributed by atoms with Gasteiger partial charge in [0.25, 0.3) is 0 Å². The van der Waals surface area contributed by atoms with E-state index in [2.05, 4.69) is 0 Å². The molecule has 0 amide bonds. The van der Waals surface area contributed by atoms with Crippen LogP contribution in [0.25, 0.3) is 0 Å². The zero-order valence-corrected chi connectivity index (χ0v) is 15.3. The molecule has 2 N–H and O–H groups in total. The van der Waals surface area contributed by atoms with Crippen molar-refractivity contribution in [1.82, 2.24) is 0 Å². The Bertz CT molecular complexity index is 652. The predicted octanol–water partition coefficient (Wildman–Crippen LogP) is 3.14. The summed E-state index contributed by atoms with van der Waals surface area (Å²) in [5.41, 5.74) is 2.08. The van der Waals surface area contributed by atoms with Gasteiger partial charge in [0.15, 0.2) is 0 Å². The molecule has 2 aromatic carbocycles. The second-order valence-electron chi connectivity index (χ2n) is 6.71. The highest BCUT2D eigenvalue weighted by molar-refractivity contribution is 6.21. The minimum Gasteiger partial charge on any atom is -0.396 e. The van der Waals surface area contributed by atoms with Crippen molar-refractivity contribution in [2.45, 2.75) is 43.3 Å². The van der Waals surface area contributed by atoms with Gasteiger partial charge in [-0.3, -0.25) is 0 Å². The van der Waals surface area contributed by atoms with Crippen molar-refractivity contribution in [3.05, 3.63) is 71.8 Å². The molecule has 0 spiro atoms. The van der Waals surface area contributed by atoms with Gasteiger partial charge >= 0.3 is 0 Å². The molecule has 1 aliphatic rings. The summed E-state index contributed by atoms with van der Waals surface area (Å²) in [5, 5.41) is 19.7. The lowest BCUT2D eigenvalue weighted by atomic mass is 9.83. The van der Waals surface area contributed by atoms with Crippen LogP contribution in [0.2, 0.25) is 0 Å². The Morgan fingerprint density at radius 1 is 0.885 bits per heavy atom. The fourth-order valence-corrected chi connectivity index (χ4v) is 3.66. The number of aliphatic hydroxyl groups is 2. The topological polar surface area (TPSA) is 58.9 Å². The lowest BCUT2D eigenvalue weighted by molar-refractivity contribution is -0.162. The molecule has 0 bridgehead atoms. The SMILES string of the molecule is OC[C@@H]1C[C@@H](OCc2ccccc2)[C@@H](OCc2ccccc2)[C@H](O)[C@H]1Cl. The summed E-state index contributed by atoms with van der Waals surface area (Å²) in [5.74, 6) is -0.219. The van der Waals surface area contributed by atoms with Crippen LogP contribution < -0.4 is 0 Å². The van der Waals surface area contributed by atoms with E-state index in [4.69, 9.17) is 21.1 Å². The summed E-state index contributed by atoms with van der Waals surface area (Å²) in [7, 11) is 0. The van der Waals surface area contributed by atoms with Gasteiger partial charge in [-0.1, -0.05) is 60.7 Å². The van der Waals surface area contributed by atoms with Gasteiger partial charge in [0.05, 0.1) is 30.8 Å². The Morgan fingerprint density at radius 2 is 1.42 bits per heavy atom. The van der Waals surface area contributed by atoms with E-state index in [1.165, 1.54) is 0 Å². The van der Waals surface area contributed by atoms with Gasteiger partial charge in [-0.15, -0.1) is 11.6 Å². The first-order valence-electron chi connectivity index (χ1n) is 8.93. The smallest absolute Gasteiger partial charge is 0.111 e. The predicted molar refractivity (Wildman–Crippen MR) is 101 cm³/mol. The number of hydrogen-bond acceptors (Lipinski definition) is 4. The first-order chi connectivity index (χ1) is 12.7. The van der Waals surface area contributed by atoms with Crippen molar-refractivity contribution >= 4 is 11.6 Å². The largest absolute Gasteiger partial charge is 0.396 e. The van der Waals surface area contributed by atoms with Crippen LogP contribution in [0.4, 0.5) is 0 Å². The average molecular weight is 377 g/mol. The molecule has 0 unspecified atom stereocenters. The fraction of sp³-hybridized carbons (Fsp3) is 0.429. The maximum absolute atomic E-state index is 10.6. The van der Waals surface area contributed by atoms with E-state index < -0.39 is 17.6 Å². The maximum atomic E-state index is 10.6. The third kappa shape index (κ3) is 4.84. The molecule has 1 fully saturated rings. The molecule has 2 aromatic rings. The fourth-order valence-electron chi connectivity index (χ4n) is 3.33. The minimum atomic E-state index is -0.896. The highest BCUT2D eigenvalue weighted by Gasteiger charge is 2.44. The summed E-state index contributed by atoms with van der Waals surface area (Å²) >= 11 is 6.35. The van der Waals surface area contributed by atoms with Crippen LogP contribution in [-0.2, 0) is 22.7 Å². The molecule has 1 saturated carbocycles. The van der Waals surface area contributed by atoms with E-state index >= 15 is 0 Å². The monoisotopic (exact) mass is 376 g/mol. The molecule has 3 rings (SSSR count). The van der Waals surface area contributed by atoms with E-state index in [0.717, 1.165) is 11.1 Å². The molecule has 0 aliphatic heterocycles. The number of rotatable bonds is 7. The molecular formula is C21H25ClO4. The van der Waals surface area contributed by atoms with Gasteiger partial charge in [0, 0.05) is 12.5 Å². The summed E-state index contributed by atoms with van der Waals surface area (Å²) in [6.07, 6.45) is -1.22. The van der Waals surface area contributed by atoms with Crippen molar-refractivity contribution in [3.63, 3.8) is 0 Å². The summed E-state index contributed by atoms with van der Waals surface area (Å²) in [6.45, 7) is 0.720. The number of aliphatic hydroxyl groups excluding tert-OH is 2. The Kier molecular flexibility index (Phi) is 7.06. The summed E-state index contributed by atoms with van der Waals surface area (Å²) in [4.78, 5) is 0. The van der Waals surface area contributed by atoms with Crippen LogP contribution in [0.3, 0.4) is 0 Å². The van der Waals surface area contributed by atoms with Crippen LogP contribution in [0.5, 0.6) is 0 Å². The van der Waals surface area contributed by atoms with E-state index in [-0.39, 0.29) is 18.6 Å². The second kappa shape index (κ2) is 9.49.